The Hall–Kier alpha value is -0.0900. The maximum atomic E-state index is 10.9. The lowest BCUT2D eigenvalue weighted by atomic mass is 10.0. The van der Waals surface area contributed by atoms with E-state index in [4.69, 9.17) is 0 Å². The fourth-order valence-electron chi connectivity index (χ4n) is 1.49. The monoisotopic (exact) mass is 235 g/mol. The van der Waals surface area contributed by atoms with Crippen molar-refractivity contribution in [1.29, 1.82) is 0 Å². The first-order chi connectivity index (χ1) is 6.95. The molecule has 15 heavy (non-hydrogen) atoms. The van der Waals surface area contributed by atoms with E-state index in [0.29, 0.717) is 11.7 Å². The minimum atomic E-state index is -2.76. The largest absolute Gasteiger partial charge is 0.317 e. The van der Waals surface area contributed by atoms with Crippen molar-refractivity contribution in [2.24, 2.45) is 5.92 Å². The predicted octanol–water partition coefficient (Wildman–Crippen LogP) is 1.84. The average Bonchev–Trinajstić information content (AvgIpc) is 2.10. The molecule has 0 aromatic heterocycles. The van der Waals surface area contributed by atoms with Crippen LogP contribution in [0.3, 0.4) is 0 Å². The van der Waals surface area contributed by atoms with Crippen LogP contribution in [0, 0.1) is 5.92 Å². The van der Waals surface area contributed by atoms with E-state index < -0.39 is 9.84 Å². The lowest BCUT2D eigenvalue weighted by Crippen LogP contribution is -2.18. The maximum Gasteiger partial charge on any atom is 0.147 e. The molecule has 0 heterocycles. The molecule has 1 N–H and O–H groups in total. The highest BCUT2D eigenvalue weighted by Crippen LogP contribution is 2.10. The van der Waals surface area contributed by atoms with Crippen LogP contribution in [0.25, 0.3) is 0 Å². The van der Waals surface area contributed by atoms with E-state index in [1.807, 2.05) is 0 Å². The minimum Gasteiger partial charge on any atom is -0.317 e. The Balaban J connectivity index is 3.37. The van der Waals surface area contributed by atoms with Crippen molar-refractivity contribution in [1.82, 2.24) is 5.32 Å². The predicted molar refractivity (Wildman–Crippen MR) is 65.9 cm³/mol. The fraction of sp³-hybridized carbons (Fsp3) is 1.00. The van der Waals surface area contributed by atoms with Gasteiger partial charge in [-0.3, -0.25) is 0 Å². The van der Waals surface area contributed by atoms with Crippen LogP contribution in [-0.2, 0) is 9.84 Å². The molecule has 0 spiro atoms. The summed E-state index contributed by atoms with van der Waals surface area (Å²) in [6, 6.07) is 0. The van der Waals surface area contributed by atoms with Gasteiger partial charge in [-0.1, -0.05) is 13.8 Å². The zero-order chi connectivity index (χ0) is 11.7. The van der Waals surface area contributed by atoms with Crippen molar-refractivity contribution < 1.29 is 8.42 Å². The fourth-order valence-corrected chi connectivity index (χ4v) is 2.18. The molecule has 0 fully saturated rings. The summed E-state index contributed by atoms with van der Waals surface area (Å²) in [5.41, 5.74) is 0. The van der Waals surface area contributed by atoms with Crippen LogP contribution in [0.15, 0.2) is 0 Å². The van der Waals surface area contributed by atoms with Gasteiger partial charge in [0.05, 0.1) is 0 Å². The maximum absolute atomic E-state index is 10.9. The van der Waals surface area contributed by atoms with Crippen LogP contribution in [0.1, 0.15) is 39.5 Å². The summed E-state index contributed by atoms with van der Waals surface area (Å²) in [6.45, 7) is 6.47. The van der Waals surface area contributed by atoms with Crippen LogP contribution in [0.2, 0.25) is 0 Å². The molecule has 1 atom stereocenters. The lowest BCUT2D eigenvalue weighted by molar-refractivity contribution is 0.464. The van der Waals surface area contributed by atoms with Gasteiger partial charge in [-0.05, 0) is 44.7 Å². The second-order valence-electron chi connectivity index (χ2n) is 4.42. The first-order valence-electron chi connectivity index (χ1n) is 5.84. The number of rotatable bonds is 9. The van der Waals surface area contributed by atoms with Gasteiger partial charge in [-0.2, -0.15) is 0 Å². The Morgan fingerprint density at radius 1 is 1.20 bits per heavy atom. The van der Waals surface area contributed by atoms with E-state index in [-0.39, 0.29) is 0 Å². The zero-order valence-electron chi connectivity index (χ0n) is 10.3. The molecule has 4 heteroatoms. The molecule has 0 amide bonds. The van der Waals surface area contributed by atoms with Crippen LogP contribution in [0.4, 0.5) is 0 Å². The van der Waals surface area contributed by atoms with Crippen molar-refractivity contribution in [2.45, 2.75) is 39.5 Å². The summed E-state index contributed by atoms with van der Waals surface area (Å²) >= 11 is 0. The number of hydrogen-bond acceptors (Lipinski definition) is 3. The van der Waals surface area contributed by atoms with Crippen molar-refractivity contribution in [2.75, 3.05) is 25.1 Å². The van der Waals surface area contributed by atoms with Gasteiger partial charge in [0.25, 0.3) is 0 Å². The molecule has 0 aromatic rings. The summed E-state index contributed by atoms with van der Waals surface area (Å²) in [5, 5.41) is 3.35. The van der Waals surface area contributed by atoms with E-state index in [9.17, 15) is 8.42 Å². The molecule has 0 radical (unpaired) electrons. The first-order valence-corrected chi connectivity index (χ1v) is 7.90. The van der Waals surface area contributed by atoms with Gasteiger partial charge in [0, 0.05) is 12.0 Å². The standard InChI is InChI=1S/C11H25NO2S/c1-4-8-12-9-7-11(2)6-5-10-15(3,13)14/h11-12H,4-10H2,1-3H3. The Bertz CT molecular complexity index is 237. The van der Waals surface area contributed by atoms with E-state index in [1.165, 1.54) is 12.7 Å². The van der Waals surface area contributed by atoms with Crippen LogP contribution >= 0.6 is 0 Å². The molecule has 1 unspecified atom stereocenters. The molecule has 0 aliphatic rings. The highest BCUT2D eigenvalue weighted by Gasteiger charge is 2.05. The molecule has 0 bridgehead atoms. The number of hydrogen-bond donors (Lipinski definition) is 1. The Kier molecular flexibility index (Phi) is 8.06. The van der Waals surface area contributed by atoms with Gasteiger partial charge in [-0.15, -0.1) is 0 Å². The molecule has 0 aromatic carbocycles. The van der Waals surface area contributed by atoms with Crippen molar-refractivity contribution in [3.05, 3.63) is 0 Å². The summed E-state index contributed by atoms with van der Waals surface area (Å²) in [7, 11) is -2.76. The topological polar surface area (TPSA) is 46.2 Å². The Morgan fingerprint density at radius 3 is 2.40 bits per heavy atom. The van der Waals surface area contributed by atoms with Crippen molar-refractivity contribution in [3.8, 4) is 0 Å². The van der Waals surface area contributed by atoms with Crippen LogP contribution in [0.5, 0.6) is 0 Å². The van der Waals surface area contributed by atoms with Gasteiger partial charge in [0.1, 0.15) is 9.84 Å². The highest BCUT2D eigenvalue weighted by atomic mass is 32.2. The smallest absolute Gasteiger partial charge is 0.147 e. The van der Waals surface area contributed by atoms with Gasteiger partial charge in [0.2, 0.25) is 0 Å². The van der Waals surface area contributed by atoms with E-state index in [0.717, 1.165) is 32.4 Å². The molecule has 92 valence electrons. The van der Waals surface area contributed by atoms with Gasteiger partial charge in [0.15, 0.2) is 0 Å². The third kappa shape index (κ3) is 11.8. The molecular formula is C11H25NO2S. The third-order valence-electron chi connectivity index (χ3n) is 2.45. The van der Waals surface area contributed by atoms with Crippen LogP contribution < -0.4 is 5.32 Å². The summed E-state index contributed by atoms with van der Waals surface area (Å²) in [4.78, 5) is 0. The zero-order valence-corrected chi connectivity index (χ0v) is 11.1. The van der Waals surface area contributed by atoms with Gasteiger partial charge < -0.3 is 5.32 Å². The molecule has 3 nitrogen and oxygen atoms in total. The highest BCUT2D eigenvalue weighted by molar-refractivity contribution is 7.90. The third-order valence-corrected chi connectivity index (χ3v) is 3.48. The van der Waals surface area contributed by atoms with Gasteiger partial charge in [-0.25, -0.2) is 8.42 Å². The number of nitrogens with one attached hydrogen (secondary N) is 1. The SMILES string of the molecule is CCCNCCC(C)CCCS(C)(=O)=O. The molecular weight excluding hydrogens is 210 g/mol. The second-order valence-corrected chi connectivity index (χ2v) is 6.68. The molecule has 0 aliphatic carbocycles. The van der Waals surface area contributed by atoms with Crippen molar-refractivity contribution in [3.63, 3.8) is 0 Å². The molecule has 0 rings (SSSR count). The van der Waals surface area contributed by atoms with Gasteiger partial charge >= 0.3 is 0 Å². The normalized spacial score (nSPS) is 14.1. The minimum absolute atomic E-state index is 0.333. The van der Waals surface area contributed by atoms with Crippen molar-refractivity contribution >= 4 is 9.84 Å². The summed E-state index contributed by atoms with van der Waals surface area (Å²) < 4.78 is 21.8. The van der Waals surface area contributed by atoms with E-state index in [2.05, 4.69) is 19.2 Å². The Labute approximate surface area is 94.6 Å². The summed E-state index contributed by atoms with van der Waals surface area (Å²) in [5.74, 6) is 0.954. The summed E-state index contributed by atoms with van der Waals surface area (Å²) in [6.07, 6.45) is 5.43. The van der Waals surface area contributed by atoms with Crippen LogP contribution in [-0.4, -0.2) is 33.5 Å². The number of sulfone groups is 1. The first kappa shape index (κ1) is 14.9. The quantitative estimate of drug-likeness (QED) is 0.620. The molecule has 0 aliphatic heterocycles. The Morgan fingerprint density at radius 2 is 1.87 bits per heavy atom. The van der Waals surface area contributed by atoms with E-state index >= 15 is 0 Å². The van der Waals surface area contributed by atoms with E-state index in [1.54, 1.807) is 0 Å². The second kappa shape index (κ2) is 8.11. The molecule has 0 saturated heterocycles. The lowest BCUT2D eigenvalue weighted by Gasteiger charge is -2.11. The molecule has 0 saturated carbocycles. The average molecular weight is 235 g/mol.